The van der Waals surface area contributed by atoms with E-state index in [1.807, 2.05) is 12.1 Å². The third-order valence-corrected chi connectivity index (χ3v) is 3.66. The van der Waals surface area contributed by atoms with Crippen LogP contribution in [0.3, 0.4) is 0 Å². The summed E-state index contributed by atoms with van der Waals surface area (Å²) in [6.45, 7) is 3.69. The zero-order chi connectivity index (χ0) is 17.7. The highest BCUT2D eigenvalue weighted by molar-refractivity contribution is 6.33. The summed E-state index contributed by atoms with van der Waals surface area (Å²) in [6.07, 6.45) is 0. The third-order valence-electron chi connectivity index (χ3n) is 3.35. The Balaban J connectivity index is 1.89. The fourth-order valence-corrected chi connectivity index (χ4v) is 2.26. The fraction of sp³-hybridized carbons (Fsp3) is 0.222. The molecule has 0 saturated heterocycles. The third kappa shape index (κ3) is 4.80. The molecule has 1 amide bonds. The Morgan fingerprint density at radius 3 is 2.42 bits per heavy atom. The van der Waals surface area contributed by atoms with Crippen LogP contribution in [0, 0.1) is 5.82 Å². The molecule has 0 saturated carbocycles. The van der Waals surface area contributed by atoms with E-state index in [1.165, 1.54) is 6.07 Å². The van der Waals surface area contributed by atoms with Crippen LogP contribution < -0.4 is 5.32 Å². The van der Waals surface area contributed by atoms with Gasteiger partial charge in [-0.1, -0.05) is 37.6 Å². The molecule has 2 aromatic carbocycles. The minimum Gasteiger partial charge on any atom is -0.452 e. The van der Waals surface area contributed by atoms with Gasteiger partial charge in [0.25, 0.3) is 5.91 Å². The summed E-state index contributed by atoms with van der Waals surface area (Å²) in [5.41, 5.74) is 1.78. The predicted octanol–water partition coefficient (Wildman–Crippen LogP) is 4.40. The van der Waals surface area contributed by atoms with E-state index in [1.54, 1.807) is 12.1 Å². The van der Waals surface area contributed by atoms with Crippen molar-refractivity contribution in [2.75, 3.05) is 11.9 Å². The van der Waals surface area contributed by atoms with Crippen molar-refractivity contribution in [1.82, 2.24) is 0 Å². The lowest BCUT2D eigenvalue weighted by atomic mass is 10.0. The van der Waals surface area contributed by atoms with Crippen LogP contribution in [-0.4, -0.2) is 18.5 Å². The first kappa shape index (κ1) is 17.9. The predicted molar refractivity (Wildman–Crippen MR) is 90.9 cm³/mol. The Kier molecular flexibility index (Phi) is 5.93. The van der Waals surface area contributed by atoms with Gasteiger partial charge in [0, 0.05) is 5.69 Å². The Bertz CT molecular complexity index is 744. The lowest BCUT2D eigenvalue weighted by molar-refractivity contribution is -0.119. The number of amides is 1. The van der Waals surface area contributed by atoms with E-state index < -0.39 is 24.3 Å². The standard InChI is InChI=1S/C18H17ClFNO3/c1-11(2)12-3-6-14(7-4-12)21-17(22)10-24-18(23)15-8-5-13(20)9-16(15)19/h3-9,11H,10H2,1-2H3,(H,21,22). The van der Waals surface area contributed by atoms with Crippen molar-refractivity contribution in [3.05, 3.63) is 64.4 Å². The van der Waals surface area contributed by atoms with E-state index in [0.29, 0.717) is 11.6 Å². The summed E-state index contributed by atoms with van der Waals surface area (Å²) >= 11 is 5.77. The summed E-state index contributed by atoms with van der Waals surface area (Å²) in [5, 5.41) is 2.56. The van der Waals surface area contributed by atoms with Crippen molar-refractivity contribution >= 4 is 29.2 Å². The van der Waals surface area contributed by atoms with Crippen LogP contribution in [0.25, 0.3) is 0 Å². The van der Waals surface area contributed by atoms with Crippen LogP contribution in [-0.2, 0) is 9.53 Å². The minimum atomic E-state index is -0.787. The van der Waals surface area contributed by atoms with Crippen LogP contribution in [0.4, 0.5) is 10.1 Å². The average molecular weight is 350 g/mol. The van der Waals surface area contributed by atoms with Crippen molar-refractivity contribution in [3.63, 3.8) is 0 Å². The highest BCUT2D eigenvalue weighted by atomic mass is 35.5. The highest BCUT2D eigenvalue weighted by Gasteiger charge is 2.14. The molecule has 0 unspecified atom stereocenters. The summed E-state index contributed by atoms with van der Waals surface area (Å²) in [5.74, 6) is -1.42. The van der Waals surface area contributed by atoms with Gasteiger partial charge in [-0.15, -0.1) is 0 Å². The van der Waals surface area contributed by atoms with Crippen LogP contribution >= 0.6 is 11.6 Å². The molecule has 0 atom stereocenters. The van der Waals surface area contributed by atoms with Crippen LogP contribution in [0.15, 0.2) is 42.5 Å². The molecule has 0 aliphatic carbocycles. The monoisotopic (exact) mass is 349 g/mol. The van der Waals surface area contributed by atoms with Gasteiger partial charge in [0.15, 0.2) is 6.61 Å². The van der Waals surface area contributed by atoms with E-state index in [-0.39, 0.29) is 10.6 Å². The Morgan fingerprint density at radius 2 is 1.83 bits per heavy atom. The van der Waals surface area contributed by atoms with E-state index in [4.69, 9.17) is 16.3 Å². The number of anilines is 1. The number of benzene rings is 2. The molecule has 2 rings (SSSR count). The number of ether oxygens (including phenoxy) is 1. The number of esters is 1. The zero-order valence-corrected chi connectivity index (χ0v) is 14.1. The van der Waals surface area contributed by atoms with E-state index in [0.717, 1.165) is 17.7 Å². The number of hydrogen-bond acceptors (Lipinski definition) is 3. The molecule has 0 radical (unpaired) electrons. The van der Waals surface area contributed by atoms with Crippen LogP contribution in [0.2, 0.25) is 5.02 Å². The molecule has 2 aromatic rings. The van der Waals surface area contributed by atoms with Gasteiger partial charge in [0.1, 0.15) is 5.82 Å². The lowest BCUT2D eigenvalue weighted by Crippen LogP contribution is -2.21. The molecule has 0 bridgehead atoms. The van der Waals surface area contributed by atoms with E-state index in [9.17, 15) is 14.0 Å². The zero-order valence-electron chi connectivity index (χ0n) is 13.3. The van der Waals surface area contributed by atoms with Crippen molar-refractivity contribution in [2.45, 2.75) is 19.8 Å². The second-order valence-electron chi connectivity index (χ2n) is 5.53. The molecule has 1 N–H and O–H groups in total. The first-order valence-electron chi connectivity index (χ1n) is 7.39. The normalized spacial score (nSPS) is 10.5. The molecular weight excluding hydrogens is 333 g/mol. The topological polar surface area (TPSA) is 55.4 Å². The molecule has 0 fully saturated rings. The van der Waals surface area contributed by atoms with Crippen molar-refractivity contribution < 1.29 is 18.7 Å². The van der Waals surface area contributed by atoms with Crippen LogP contribution in [0.1, 0.15) is 35.7 Å². The molecule has 24 heavy (non-hydrogen) atoms. The minimum absolute atomic E-state index is 0.00662. The van der Waals surface area contributed by atoms with Crippen molar-refractivity contribution in [1.29, 1.82) is 0 Å². The van der Waals surface area contributed by atoms with Gasteiger partial charge in [0.2, 0.25) is 0 Å². The van der Waals surface area contributed by atoms with Crippen LogP contribution in [0.5, 0.6) is 0 Å². The van der Waals surface area contributed by atoms with Gasteiger partial charge in [-0.3, -0.25) is 4.79 Å². The average Bonchev–Trinajstić information content (AvgIpc) is 2.53. The second-order valence-corrected chi connectivity index (χ2v) is 5.93. The molecule has 0 heterocycles. The number of nitrogens with one attached hydrogen (secondary N) is 1. The first-order valence-corrected chi connectivity index (χ1v) is 7.76. The van der Waals surface area contributed by atoms with Gasteiger partial charge in [-0.25, -0.2) is 9.18 Å². The molecule has 126 valence electrons. The number of carbonyl (C=O) groups excluding carboxylic acids is 2. The number of halogens is 2. The van der Waals surface area contributed by atoms with Gasteiger partial charge in [-0.05, 0) is 41.8 Å². The first-order chi connectivity index (χ1) is 11.4. The van der Waals surface area contributed by atoms with E-state index >= 15 is 0 Å². The maximum atomic E-state index is 12.9. The quantitative estimate of drug-likeness (QED) is 0.814. The summed E-state index contributed by atoms with van der Waals surface area (Å²) in [4.78, 5) is 23.7. The van der Waals surface area contributed by atoms with Gasteiger partial charge >= 0.3 is 5.97 Å². The van der Waals surface area contributed by atoms with Crippen molar-refractivity contribution in [3.8, 4) is 0 Å². The molecule has 6 heteroatoms. The molecule has 4 nitrogen and oxygen atoms in total. The maximum absolute atomic E-state index is 12.9. The molecule has 0 aliphatic heterocycles. The fourth-order valence-electron chi connectivity index (χ4n) is 2.01. The summed E-state index contributed by atoms with van der Waals surface area (Å²) in [6, 6.07) is 10.7. The molecule has 0 aromatic heterocycles. The summed E-state index contributed by atoms with van der Waals surface area (Å²) < 4.78 is 17.8. The summed E-state index contributed by atoms with van der Waals surface area (Å²) in [7, 11) is 0. The SMILES string of the molecule is CC(C)c1ccc(NC(=O)COC(=O)c2ccc(F)cc2Cl)cc1. The molecular formula is C18H17ClFNO3. The Hall–Kier alpha value is -2.40. The van der Waals surface area contributed by atoms with E-state index in [2.05, 4.69) is 19.2 Å². The van der Waals surface area contributed by atoms with Gasteiger partial charge < -0.3 is 10.1 Å². The Labute approximate surface area is 144 Å². The number of rotatable bonds is 5. The largest absolute Gasteiger partial charge is 0.452 e. The molecule has 0 spiro atoms. The van der Waals surface area contributed by atoms with Crippen molar-refractivity contribution in [2.24, 2.45) is 0 Å². The molecule has 0 aliphatic rings. The number of carbonyl (C=O) groups is 2. The van der Waals surface area contributed by atoms with Gasteiger partial charge in [0.05, 0.1) is 10.6 Å². The van der Waals surface area contributed by atoms with Gasteiger partial charge in [-0.2, -0.15) is 0 Å². The Morgan fingerprint density at radius 1 is 1.17 bits per heavy atom. The maximum Gasteiger partial charge on any atom is 0.340 e. The number of hydrogen-bond donors (Lipinski definition) is 1. The lowest BCUT2D eigenvalue weighted by Gasteiger charge is -2.09. The highest BCUT2D eigenvalue weighted by Crippen LogP contribution is 2.19. The smallest absolute Gasteiger partial charge is 0.340 e. The second kappa shape index (κ2) is 7.93.